The fraction of sp³-hybridized carbons (Fsp3) is 0.0769. The van der Waals surface area contributed by atoms with Crippen molar-refractivity contribution in [3.8, 4) is 5.75 Å². The minimum Gasteiger partial charge on any atom is -0.497 e. The zero-order valence-corrected chi connectivity index (χ0v) is 10.7. The fourth-order valence-corrected chi connectivity index (χ4v) is 1.62. The number of methoxy groups -OCH3 is 1. The third-order valence-corrected chi connectivity index (χ3v) is 2.60. The maximum absolute atomic E-state index is 13.9. The van der Waals surface area contributed by atoms with Crippen LogP contribution >= 0.6 is 0 Å². The van der Waals surface area contributed by atoms with Gasteiger partial charge in [-0.2, -0.15) is 0 Å². The summed E-state index contributed by atoms with van der Waals surface area (Å²) in [6.45, 7) is 0. The molecule has 0 aliphatic carbocycles. The van der Waals surface area contributed by atoms with Crippen LogP contribution in [0.4, 0.5) is 15.9 Å². The highest BCUT2D eigenvalue weighted by Crippen LogP contribution is 2.19. The normalized spacial score (nSPS) is 9.95. The van der Waals surface area contributed by atoms with E-state index >= 15 is 0 Å². The van der Waals surface area contributed by atoms with E-state index < -0.39 is 11.7 Å². The lowest BCUT2D eigenvalue weighted by Gasteiger charge is -2.09. The lowest BCUT2D eigenvalue weighted by Crippen LogP contribution is -2.17. The van der Waals surface area contributed by atoms with Crippen molar-refractivity contribution in [1.82, 2.24) is 4.98 Å². The molecule has 0 saturated carbocycles. The van der Waals surface area contributed by atoms with E-state index in [-0.39, 0.29) is 11.4 Å². The smallest absolute Gasteiger partial charge is 0.258 e. The van der Waals surface area contributed by atoms with E-state index in [1.165, 1.54) is 19.4 Å². The van der Waals surface area contributed by atoms with Gasteiger partial charge in [-0.05, 0) is 18.2 Å². The van der Waals surface area contributed by atoms with Crippen LogP contribution in [-0.2, 0) is 0 Å². The van der Waals surface area contributed by atoms with Gasteiger partial charge in [0, 0.05) is 18.0 Å². The Hall–Kier alpha value is -2.67. The number of carbonyl (C=O) groups is 1. The van der Waals surface area contributed by atoms with Crippen molar-refractivity contribution >= 4 is 17.4 Å². The van der Waals surface area contributed by atoms with Gasteiger partial charge in [-0.15, -0.1) is 0 Å². The van der Waals surface area contributed by atoms with Crippen molar-refractivity contribution in [1.29, 1.82) is 0 Å². The maximum atomic E-state index is 13.9. The van der Waals surface area contributed by atoms with Gasteiger partial charge >= 0.3 is 0 Å². The zero-order valence-electron chi connectivity index (χ0n) is 10.7. The average molecular weight is 276 g/mol. The van der Waals surface area contributed by atoms with Crippen molar-refractivity contribution in [2.24, 2.45) is 5.84 Å². The highest BCUT2D eigenvalue weighted by atomic mass is 19.1. The number of nitrogens with two attached hydrogens (primary N) is 1. The molecule has 2 rings (SSSR count). The molecule has 0 saturated heterocycles. The van der Waals surface area contributed by atoms with E-state index in [1.54, 1.807) is 24.3 Å². The minimum atomic E-state index is -0.810. The number of halogens is 1. The van der Waals surface area contributed by atoms with Crippen LogP contribution in [0.5, 0.6) is 5.75 Å². The molecule has 0 bridgehead atoms. The molecular formula is C13H13FN4O2. The van der Waals surface area contributed by atoms with Crippen LogP contribution in [0, 0.1) is 5.82 Å². The van der Waals surface area contributed by atoms with Gasteiger partial charge in [-0.25, -0.2) is 15.2 Å². The summed E-state index contributed by atoms with van der Waals surface area (Å²) in [7, 11) is 1.52. The van der Waals surface area contributed by atoms with E-state index in [2.05, 4.69) is 15.7 Å². The zero-order chi connectivity index (χ0) is 14.5. The number of hydrazine groups is 1. The number of hydrogen-bond donors (Lipinski definition) is 3. The molecule has 0 spiro atoms. The van der Waals surface area contributed by atoms with E-state index in [4.69, 9.17) is 10.6 Å². The van der Waals surface area contributed by atoms with Gasteiger partial charge in [0.2, 0.25) is 0 Å². The number of carbonyl (C=O) groups excluding carboxylic acids is 1. The second kappa shape index (κ2) is 5.98. The number of hydrogen-bond acceptors (Lipinski definition) is 5. The first kappa shape index (κ1) is 13.8. The molecule has 1 aromatic carbocycles. The van der Waals surface area contributed by atoms with Crippen LogP contribution in [0.3, 0.4) is 0 Å². The molecule has 0 aliphatic rings. The predicted octanol–water partition coefficient (Wildman–Crippen LogP) is 1.77. The summed E-state index contributed by atoms with van der Waals surface area (Å²) in [6.07, 6.45) is 1.29. The van der Waals surface area contributed by atoms with Gasteiger partial charge < -0.3 is 15.5 Å². The predicted molar refractivity (Wildman–Crippen MR) is 73.0 cm³/mol. The number of nitrogen functional groups attached to an aromatic ring is 1. The number of anilines is 2. The van der Waals surface area contributed by atoms with Gasteiger partial charge in [0.05, 0.1) is 12.7 Å². The lowest BCUT2D eigenvalue weighted by atomic mass is 10.2. The van der Waals surface area contributed by atoms with Crippen molar-refractivity contribution in [3.63, 3.8) is 0 Å². The van der Waals surface area contributed by atoms with Crippen molar-refractivity contribution in [3.05, 3.63) is 47.9 Å². The fourth-order valence-electron chi connectivity index (χ4n) is 1.62. The Morgan fingerprint density at radius 1 is 1.40 bits per heavy atom. The quantitative estimate of drug-likeness (QED) is 0.585. The first-order valence-electron chi connectivity index (χ1n) is 5.72. The molecule has 0 fully saturated rings. The van der Waals surface area contributed by atoms with Crippen molar-refractivity contribution in [2.75, 3.05) is 17.9 Å². The average Bonchev–Trinajstić information content (AvgIpc) is 2.47. The molecule has 1 aromatic heterocycles. The summed E-state index contributed by atoms with van der Waals surface area (Å²) >= 11 is 0. The SMILES string of the molecule is COc1cccc(NC(=O)c2ccnc(NN)c2F)c1. The largest absolute Gasteiger partial charge is 0.497 e. The van der Waals surface area contributed by atoms with Gasteiger partial charge in [0.25, 0.3) is 5.91 Å². The topological polar surface area (TPSA) is 89.3 Å². The lowest BCUT2D eigenvalue weighted by molar-refractivity contribution is 0.102. The molecule has 4 N–H and O–H groups in total. The summed E-state index contributed by atoms with van der Waals surface area (Å²) < 4.78 is 18.9. The first-order valence-corrected chi connectivity index (χ1v) is 5.72. The Balaban J connectivity index is 2.24. The number of rotatable bonds is 4. The van der Waals surface area contributed by atoms with Gasteiger partial charge in [-0.3, -0.25) is 4.79 Å². The van der Waals surface area contributed by atoms with Crippen LogP contribution in [0.25, 0.3) is 0 Å². The second-order valence-electron chi connectivity index (χ2n) is 3.85. The van der Waals surface area contributed by atoms with Crippen LogP contribution < -0.4 is 21.3 Å². The summed E-state index contributed by atoms with van der Waals surface area (Å²) in [6, 6.07) is 8.01. The molecule has 104 valence electrons. The van der Waals surface area contributed by atoms with Crippen LogP contribution in [0.1, 0.15) is 10.4 Å². The summed E-state index contributed by atoms with van der Waals surface area (Å²) in [5.41, 5.74) is 2.42. The number of aromatic nitrogens is 1. The Kier molecular flexibility index (Phi) is 4.11. The van der Waals surface area contributed by atoms with Crippen LogP contribution in [0.15, 0.2) is 36.5 Å². The standard InChI is InChI=1S/C13H13FN4O2/c1-20-9-4-2-3-8(7-9)17-13(19)10-5-6-16-12(18-15)11(10)14/h2-7H,15H2,1H3,(H,16,18)(H,17,19). The Morgan fingerprint density at radius 2 is 2.20 bits per heavy atom. The van der Waals surface area contributed by atoms with Crippen molar-refractivity contribution < 1.29 is 13.9 Å². The third-order valence-electron chi connectivity index (χ3n) is 2.60. The first-order chi connectivity index (χ1) is 9.65. The number of nitrogens with zero attached hydrogens (tertiary/aromatic N) is 1. The molecule has 2 aromatic rings. The molecule has 0 aliphatic heterocycles. The molecule has 1 heterocycles. The summed E-state index contributed by atoms with van der Waals surface area (Å²) in [5.74, 6) is 4.09. The molecule has 0 unspecified atom stereocenters. The summed E-state index contributed by atoms with van der Waals surface area (Å²) in [4.78, 5) is 15.7. The van der Waals surface area contributed by atoms with E-state index in [0.29, 0.717) is 11.4 Å². The molecule has 0 radical (unpaired) electrons. The summed E-state index contributed by atoms with van der Waals surface area (Å²) in [5, 5.41) is 2.57. The van der Waals surface area contributed by atoms with Crippen molar-refractivity contribution in [2.45, 2.75) is 0 Å². The Bertz CT molecular complexity index is 634. The highest BCUT2D eigenvalue weighted by molar-refractivity contribution is 6.04. The van der Waals surface area contributed by atoms with E-state index in [1.807, 2.05) is 0 Å². The second-order valence-corrected chi connectivity index (χ2v) is 3.85. The highest BCUT2D eigenvalue weighted by Gasteiger charge is 2.15. The number of benzene rings is 1. The molecule has 0 atom stereocenters. The monoisotopic (exact) mass is 276 g/mol. The Labute approximate surface area is 114 Å². The third kappa shape index (κ3) is 2.83. The number of pyridine rings is 1. The minimum absolute atomic E-state index is 0.157. The van der Waals surface area contributed by atoms with Crippen LogP contribution in [-0.4, -0.2) is 18.0 Å². The van der Waals surface area contributed by atoms with Gasteiger partial charge in [0.15, 0.2) is 11.6 Å². The molecule has 20 heavy (non-hydrogen) atoms. The maximum Gasteiger partial charge on any atom is 0.258 e. The molecule has 7 heteroatoms. The number of ether oxygens (including phenoxy) is 1. The van der Waals surface area contributed by atoms with E-state index in [0.717, 1.165) is 0 Å². The van der Waals surface area contributed by atoms with Gasteiger partial charge in [0.1, 0.15) is 5.75 Å². The van der Waals surface area contributed by atoms with Crippen LogP contribution in [0.2, 0.25) is 0 Å². The number of nitrogens with one attached hydrogen (secondary N) is 2. The van der Waals surface area contributed by atoms with Gasteiger partial charge in [-0.1, -0.05) is 6.07 Å². The molecule has 6 nitrogen and oxygen atoms in total. The Morgan fingerprint density at radius 3 is 2.90 bits per heavy atom. The van der Waals surface area contributed by atoms with E-state index in [9.17, 15) is 9.18 Å². The molecular weight excluding hydrogens is 263 g/mol. The molecule has 1 amide bonds. The number of amides is 1.